The number of aromatic nitrogens is 8. The van der Waals surface area contributed by atoms with Crippen LogP contribution < -0.4 is 0 Å². The maximum Gasteiger partial charge on any atom is 0.160 e. The minimum Gasteiger partial charge on any atom is -0.309 e. The van der Waals surface area contributed by atoms with E-state index in [1.54, 1.807) is 0 Å². The Hall–Kier alpha value is -15.1. The van der Waals surface area contributed by atoms with Crippen LogP contribution >= 0.6 is 0 Å². The van der Waals surface area contributed by atoms with E-state index in [0.29, 0.717) is 11.6 Å². The van der Waals surface area contributed by atoms with E-state index in [4.69, 9.17) is 19.9 Å². The van der Waals surface area contributed by atoms with Gasteiger partial charge in [0.1, 0.15) is 0 Å². The second-order valence-electron chi connectivity index (χ2n) is 28.5. The van der Waals surface area contributed by atoms with Crippen molar-refractivity contribution < 1.29 is 0 Å². The molecular weight excluding hydrogens is 1360 g/mol. The average Bonchev–Trinajstić information content (AvgIpc) is 1.57. The van der Waals surface area contributed by atoms with Gasteiger partial charge in [0.2, 0.25) is 0 Å². The summed E-state index contributed by atoms with van der Waals surface area (Å²) in [6.45, 7) is 0. The fourth-order valence-corrected chi connectivity index (χ4v) is 16.7. The molecule has 0 amide bonds. The highest BCUT2D eigenvalue weighted by Gasteiger charge is 2.22. The molecule has 8 nitrogen and oxygen atoms in total. The summed E-state index contributed by atoms with van der Waals surface area (Å²) >= 11 is 0. The lowest BCUT2D eigenvalue weighted by molar-refractivity contribution is 1.16. The van der Waals surface area contributed by atoms with Crippen LogP contribution in [0, 0.1) is 0 Å². The van der Waals surface area contributed by atoms with Gasteiger partial charge in [0.05, 0.1) is 66.9 Å². The Labute approximate surface area is 646 Å². The number of hydrogen-bond donors (Lipinski definition) is 0. The van der Waals surface area contributed by atoms with E-state index in [9.17, 15) is 0 Å². The van der Waals surface area contributed by atoms with Gasteiger partial charge < -0.3 is 18.3 Å². The van der Waals surface area contributed by atoms with Crippen LogP contribution in [-0.4, -0.2) is 38.2 Å². The van der Waals surface area contributed by atoms with Crippen LogP contribution in [0.5, 0.6) is 0 Å². The van der Waals surface area contributed by atoms with Gasteiger partial charge in [0.15, 0.2) is 11.6 Å². The number of rotatable bonds is 12. The molecule has 0 spiro atoms. The summed E-state index contributed by atoms with van der Waals surface area (Å²) in [5.74, 6) is 1.40. The van der Waals surface area contributed by atoms with E-state index in [2.05, 4.69) is 358 Å². The Morgan fingerprint density at radius 2 is 0.438 bits per heavy atom. The standard InChI is InChI=1S/2C52H34N4/c1-4-15-35(16-5-1)45-34-46(36-17-6-2-7-18-36)54-52(53-45)37-27-30-40(31-28-37)56-48-25-13-11-22-43(48)51-41(23-14-26-50(51)56)38-29-32-49-44(33-38)42-21-10-12-24-47(42)55(49)39-19-8-3-9-20-39;1-4-14-35(15-5-1)46-34-47(36-16-6-2-7-17-36)54-52(53-46)37-24-28-41(29-25-37)55-49-23-13-11-21-43(49)45-32-38(27-31-50(45)55)39-26-30-44-42-20-10-12-22-48(42)56(51(44)33-39)40-18-8-3-9-19-40/h2*1-34H. The zero-order valence-electron chi connectivity index (χ0n) is 60.8. The maximum atomic E-state index is 5.08. The molecular formula is C104H68N8. The highest BCUT2D eigenvalue weighted by Crippen LogP contribution is 2.44. The molecule has 0 aliphatic carbocycles. The van der Waals surface area contributed by atoms with E-state index in [1.807, 2.05) is 72.8 Å². The number of fused-ring (bicyclic) bond motifs is 12. The summed E-state index contributed by atoms with van der Waals surface area (Å²) in [7, 11) is 0. The third-order valence-electron chi connectivity index (χ3n) is 21.9. The fraction of sp³-hybridized carbons (Fsp3) is 0. The van der Waals surface area contributed by atoms with Crippen LogP contribution in [-0.2, 0) is 0 Å². The van der Waals surface area contributed by atoms with Gasteiger partial charge in [0, 0.05) is 99.2 Å². The lowest BCUT2D eigenvalue weighted by Gasteiger charge is -2.12. The molecule has 0 radical (unpaired) electrons. The molecule has 16 aromatic carbocycles. The summed E-state index contributed by atoms with van der Waals surface area (Å²) in [6.07, 6.45) is 0. The van der Waals surface area contributed by atoms with Gasteiger partial charge in [-0.05, 0) is 168 Å². The van der Waals surface area contributed by atoms with Crippen LogP contribution in [0.15, 0.2) is 413 Å². The molecule has 0 unspecified atom stereocenters. The smallest absolute Gasteiger partial charge is 0.160 e. The van der Waals surface area contributed by atoms with E-state index < -0.39 is 0 Å². The topological polar surface area (TPSA) is 71.3 Å². The van der Waals surface area contributed by atoms with Gasteiger partial charge in [-0.2, -0.15) is 0 Å². The van der Waals surface area contributed by atoms with E-state index in [0.717, 1.165) is 95.5 Å². The van der Waals surface area contributed by atoms with Crippen molar-refractivity contribution in [3.8, 4) is 113 Å². The molecule has 8 heteroatoms. The molecule has 0 aliphatic rings. The van der Waals surface area contributed by atoms with Crippen LogP contribution in [0.3, 0.4) is 0 Å². The first-order valence-corrected chi connectivity index (χ1v) is 38.0. The Morgan fingerprint density at radius 1 is 0.152 bits per heavy atom. The van der Waals surface area contributed by atoms with E-state index in [1.165, 1.54) is 92.9 Å². The largest absolute Gasteiger partial charge is 0.309 e. The Morgan fingerprint density at radius 3 is 0.875 bits per heavy atom. The second kappa shape index (κ2) is 27.6. The van der Waals surface area contributed by atoms with Crippen LogP contribution in [0.25, 0.3) is 200 Å². The summed E-state index contributed by atoms with van der Waals surface area (Å²) < 4.78 is 9.50. The monoisotopic (exact) mass is 1430 g/mol. The Balaban J connectivity index is 0.000000141. The summed E-state index contributed by atoms with van der Waals surface area (Å²) in [5.41, 5.74) is 28.5. The van der Waals surface area contributed by atoms with Crippen molar-refractivity contribution in [1.29, 1.82) is 0 Å². The van der Waals surface area contributed by atoms with Crippen molar-refractivity contribution in [2.75, 3.05) is 0 Å². The van der Waals surface area contributed by atoms with Gasteiger partial charge in [-0.3, -0.25) is 0 Å². The maximum absolute atomic E-state index is 5.08. The number of benzene rings is 16. The molecule has 6 aromatic heterocycles. The molecule has 0 fully saturated rings. The molecule has 22 aromatic rings. The zero-order valence-corrected chi connectivity index (χ0v) is 60.8. The SMILES string of the molecule is c1ccc(-c2cc(-c3ccccc3)nc(-c3ccc(-n4c5ccccc5c5c(-c6ccc7c(c6)c6ccccc6n7-c6ccccc6)cccc54)cc3)n2)cc1.c1ccc(-c2cc(-c3ccccc3)nc(-c3ccc(-n4c5ccccc5c5cc(-c6ccc7c8ccccc8n(-c8ccccc8)c7c6)ccc54)cc3)n2)cc1. The third kappa shape index (κ3) is 11.5. The lowest BCUT2D eigenvalue weighted by Crippen LogP contribution is -1.97. The minimum absolute atomic E-state index is 0.699. The van der Waals surface area contributed by atoms with Crippen molar-refractivity contribution in [2.24, 2.45) is 0 Å². The molecule has 0 saturated carbocycles. The Bertz CT molecular complexity index is 7200. The van der Waals surface area contributed by atoms with Gasteiger partial charge in [-0.25, -0.2) is 19.9 Å². The minimum atomic E-state index is 0.699. The highest BCUT2D eigenvalue weighted by molar-refractivity contribution is 6.18. The molecule has 0 bridgehead atoms. The molecule has 0 atom stereocenters. The zero-order chi connectivity index (χ0) is 74.0. The van der Waals surface area contributed by atoms with Crippen molar-refractivity contribution in [3.63, 3.8) is 0 Å². The van der Waals surface area contributed by atoms with E-state index >= 15 is 0 Å². The first-order valence-electron chi connectivity index (χ1n) is 38.0. The van der Waals surface area contributed by atoms with Crippen LogP contribution in [0.4, 0.5) is 0 Å². The van der Waals surface area contributed by atoms with Crippen molar-refractivity contribution in [3.05, 3.63) is 413 Å². The molecule has 524 valence electrons. The first kappa shape index (κ1) is 65.2. The summed E-state index contributed by atoms with van der Waals surface area (Å²) in [5, 5.41) is 9.91. The number of para-hydroxylation sites is 6. The van der Waals surface area contributed by atoms with Crippen molar-refractivity contribution in [2.45, 2.75) is 0 Å². The molecule has 6 heterocycles. The van der Waals surface area contributed by atoms with Crippen LogP contribution in [0.2, 0.25) is 0 Å². The predicted molar refractivity (Wildman–Crippen MR) is 465 cm³/mol. The van der Waals surface area contributed by atoms with Gasteiger partial charge >= 0.3 is 0 Å². The van der Waals surface area contributed by atoms with Crippen LogP contribution in [0.1, 0.15) is 0 Å². The quantitative estimate of drug-likeness (QED) is 0.122. The first-order chi connectivity index (χ1) is 55.5. The normalized spacial score (nSPS) is 11.6. The summed E-state index contributed by atoms with van der Waals surface area (Å²) in [6, 6.07) is 146. The Kier molecular flexibility index (Phi) is 16.1. The van der Waals surface area contributed by atoms with Gasteiger partial charge in [0.25, 0.3) is 0 Å². The molecule has 0 N–H and O–H groups in total. The third-order valence-corrected chi connectivity index (χ3v) is 21.9. The number of hydrogen-bond acceptors (Lipinski definition) is 4. The van der Waals surface area contributed by atoms with Gasteiger partial charge in [-0.15, -0.1) is 0 Å². The van der Waals surface area contributed by atoms with Crippen molar-refractivity contribution >= 4 is 87.2 Å². The molecule has 22 rings (SSSR count). The number of nitrogens with zero attached hydrogens (tertiary/aromatic N) is 8. The van der Waals surface area contributed by atoms with Crippen molar-refractivity contribution in [1.82, 2.24) is 38.2 Å². The lowest BCUT2D eigenvalue weighted by atomic mass is 9.98. The average molecular weight is 1430 g/mol. The van der Waals surface area contributed by atoms with Gasteiger partial charge in [-0.1, -0.05) is 267 Å². The highest BCUT2D eigenvalue weighted by atomic mass is 15.0. The predicted octanol–water partition coefficient (Wildman–Crippen LogP) is 26.7. The molecule has 0 aliphatic heterocycles. The molecule has 112 heavy (non-hydrogen) atoms. The molecule has 0 saturated heterocycles. The second-order valence-corrected chi connectivity index (χ2v) is 28.5. The van der Waals surface area contributed by atoms with E-state index in [-0.39, 0.29) is 0 Å². The summed E-state index contributed by atoms with van der Waals surface area (Å²) in [4.78, 5) is 20.3. The fourth-order valence-electron chi connectivity index (χ4n) is 16.7.